The quantitative estimate of drug-likeness (QED) is 0.727. The largest absolute Gasteiger partial charge is 0.469 e. The lowest BCUT2D eigenvalue weighted by Crippen LogP contribution is -2.50. The van der Waals surface area contributed by atoms with Gasteiger partial charge in [-0.1, -0.05) is 33.1 Å². The van der Waals surface area contributed by atoms with E-state index in [2.05, 4.69) is 19.2 Å². The SMILES string of the molecule is CCCNC1(CC(=O)OC)CCCC(CC)C1. The number of hydrogen-bond acceptors (Lipinski definition) is 3. The molecular weight excluding hydrogens is 214 g/mol. The second-order valence-corrected chi connectivity index (χ2v) is 5.33. The number of methoxy groups -OCH3 is 1. The molecule has 3 heteroatoms. The van der Waals surface area contributed by atoms with Crippen LogP contribution in [-0.4, -0.2) is 25.2 Å². The molecule has 0 saturated heterocycles. The zero-order valence-corrected chi connectivity index (χ0v) is 11.6. The Morgan fingerprint density at radius 2 is 2.24 bits per heavy atom. The highest BCUT2D eigenvalue weighted by molar-refractivity contribution is 5.70. The Balaban J connectivity index is 2.66. The van der Waals surface area contributed by atoms with Crippen molar-refractivity contribution in [3.05, 3.63) is 0 Å². The van der Waals surface area contributed by atoms with Crippen LogP contribution in [0.25, 0.3) is 0 Å². The van der Waals surface area contributed by atoms with Crippen molar-refractivity contribution in [2.45, 2.75) is 64.3 Å². The fourth-order valence-corrected chi connectivity index (χ4v) is 2.96. The lowest BCUT2D eigenvalue weighted by molar-refractivity contribution is -0.143. The molecule has 0 aromatic heterocycles. The van der Waals surface area contributed by atoms with Gasteiger partial charge in [0.05, 0.1) is 13.5 Å². The molecule has 3 nitrogen and oxygen atoms in total. The normalized spacial score (nSPS) is 29.0. The van der Waals surface area contributed by atoms with Gasteiger partial charge in [-0.05, 0) is 31.7 Å². The van der Waals surface area contributed by atoms with Crippen molar-refractivity contribution in [2.75, 3.05) is 13.7 Å². The van der Waals surface area contributed by atoms with E-state index >= 15 is 0 Å². The number of rotatable bonds is 6. The third kappa shape index (κ3) is 4.30. The molecule has 0 radical (unpaired) electrons. The van der Waals surface area contributed by atoms with Crippen molar-refractivity contribution in [3.8, 4) is 0 Å². The van der Waals surface area contributed by atoms with Crippen molar-refractivity contribution in [1.82, 2.24) is 5.32 Å². The van der Waals surface area contributed by atoms with E-state index in [4.69, 9.17) is 4.74 Å². The van der Waals surface area contributed by atoms with Gasteiger partial charge in [0, 0.05) is 5.54 Å². The highest BCUT2D eigenvalue weighted by Crippen LogP contribution is 2.36. The molecule has 1 aliphatic rings. The summed E-state index contributed by atoms with van der Waals surface area (Å²) in [6.07, 6.45) is 7.63. The van der Waals surface area contributed by atoms with Gasteiger partial charge in [0.2, 0.25) is 0 Å². The van der Waals surface area contributed by atoms with Crippen LogP contribution in [0, 0.1) is 5.92 Å². The maximum Gasteiger partial charge on any atom is 0.307 e. The van der Waals surface area contributed by atoms with Crippen LogP contribution in [0.4, 0.5) is 0 Å². The van der Waals surface area contributed by atoms with Gasteiger partial charge in [-0.25, -0.2) is 0 Å². The predicted molar refractivity (Wildman–Crippen MR) is 69.9 cm³/mol. The first-order chi connectivity index (χ1) is 8.15. The van der Waals surface area contributed by atoms with Crippen LogP contribution >= 0.6 is 0 Å². The Labute approximate surface area is 105 Å². The van der Waals surface area contributed by atoms with E-state index in [1.165, 1.54) is 26.4 Å². The van der Waals surface area contributed by atoms with Gasteiger partial charge in [-0.3, -0.25) is 4.79 Å². The number of hydrogen-bond donors (Lipinski definition) is 1. The van der Waals surface area contributed by atoms with Gasteiger partial charge < -0.3 is 10.1 Å². The monoisotopic (exact) mass is 241 g/mol. The summed E-state index contributed by atoms with van der Waals surface area (Å²) < 4.78 is 4.85. The van der Waals surface area contributed by atoms with E-state index in [0.29, 0.717) is 6.42 Å². The van der Waals surface area contributed by atoms with Crippen LogP contribution in [-0.2, 0) is 9.53 Å². The van der Waals surface area contributed by atoms with Crippen molar-refractivity contribution < 1.29 is 9.53 Å². The number of carbonyl (C=O) groups is 1. The van der Waals surface area contributed by atoms with Gasteiger partial charge in [0.1, 0.15) is 0 Å². The highest BCUT2D eigenvalue weighted by Gasteiger charge is 2.37. The molecule has 0 heterocycles. The summed E-state index contributed by atoms with van der Waals surface area (Å²) in [4.78, 5) is 11.6. The first kappa shape index (κ1) is 14.5. The van der Waals surface area contributed by atoms with Crippen LogP contribution in [0.15, 0.2) is 0 Å². The second-order valence-electron chi connectivity index (χ2n) is 5.33. The molecule has 0 bridgehead atoms. The maximum atomic E-state index is 11.6. The van der Waals surface area contributed by atoms with E-state index in [9.17, 15) is 4.79 Å². The van der Waals surface area contributed by atoms with Crippen LogP contribution in [0.1, 0.15) is 58.8 Å². The molecule has 1 rings (SSSR count). The topological polar surface area (TPSA) is 38.3 Å². The summed E-state index contributed by atoms with van der Waals surface area (Å²) in [5.74, 6) is 0.683. The van der Waals surface area contributed by atoms with Crippen LogP contribution in [0.2, 0.25) is 0 Å². The summed E-state index contributed by atoms with van der Waals surface area (Å²) >= 11 is 0. The van der Waals surface area contributed by atoms with E-state index in [1.807, 2.05) is 0 Å². The van der Waals surface area contributed by atoms with Crippen LogP contribution in [0.5, 0.6) is 0 Å². The van der Waals surface area contributed by atoms with Crippen molar-refractivity contribution in [2.24, 2.45) is 5.92 Å². The lowest BCUT2D eigenvalue weighted by atomic mass is 9.73. The Bertz CT molecular complexity index is 242. The Morgan fingerprint density at radius 1 is 1.47 bits per heavy atom. The van der Waals surface area contributed by atoms with Gasteiger partial charge >= 0.3 is 5.97 Å². The molecule has 0 aromatic rings. The lowest BCUT2D eigenvalue weighted by Gasteiger charge is -2.41. The molecule has 2 unspecified atom stereocenters. The fourth-order valence-electron chi connectivity index (χ4n) is 2.96. The summed E-state index contributed by atoms with van der Waals surface area (Å²) in [5.41, 5.74) is 0.00201. The minimum absolute atomic E-state index is 0.00201. The molecule has 0 spiro atoms. The van der Waals surface area contributed by atoms with Crippen molar-refractivity contribution in [3.63, 3.8) is 0 Å². The molecule has 1 fully saturated rings. The zero-order valence-electron chi connectivity index (χ0n) is 11.6. The number of ether oxygens (including phenoxy) is 1. The van der Waals surface area contributed by atoms with E-state index in [1.54, 1.807) is 0 Å². The third-order valence-electron chi connectivity index (χ3n) is 3.98. The average molecular weight is 241 g/mol. The van der Waals surface area contributed by atoms with Gasteiger partial charge in [-0.15, -0.1) is 0 Å². The standard InChI is InChI=1S/C14H27NO2/c1-4-9-15-14(11-13(16)17-3)8-6-7-12(5-2)10-14/h12,15H,4-11H2,1-3H3. The molecular formula is C14H27NO2. The fraction of sp³-hybridized carbons (Fsp3) is 0.929. The number of nitrogens with one attached hydrogen (secondary N) is 1. The second kappa shape index (κ2) is 7.00. The highest BCUT2D eigenvalue weighted by atomic mass is 16.5. The molecule has 100 valence electrons. The Morgan fingerprint density at radius 3 is 2.82 bits per heavy atom. The average Bonchev–Trinajstić information content (AvgIpc) is 2.36. The smallest absolute Gasteiger partial charge is 0.307 e. The predicted octanol–water partition coefficient (Wildman–Crippen LogP) is 2.89. The Kier molecular flexibility index (Phi) is 5.96. The summed E-state index contributed by atoms with van der Waals surface area (Å²) in [6.45, 7) is 5.41. The molecule has 2 atom stereocenters. The number of esters is 1. The van der Waals surface area contributed by atoms with Crippen LogP contribution in [0.3, 0.4) is 0 Å². The van der Waals surface area contributed by atoms with E-state index in [-0.39, 0.29) is 11.5 Å². The molecule has 0 aromatic carbocycles. The van der Waals surface area contributed by atoms with E-state index < -0.39 is 0 Å². The van der Waals surface area contributed by atoms with Crippen molar-refractivity contribution >= 4 is 5.97 Å². The Hall–Kier alpha value is -0.570. The molecule has 17 heavy (non-hydrogen) atoms. The van der Waals surface area contributed by atoms with Crippen LogP contribution < -0.4 is 5.32 Å². The number of carbonyl (C=O) groups excluding carboxylic acids is 1. The summed E-state index contributed by atoms with van der Waals surface area (Å²) in [5, 5.41) is 3.61. The first-order valence-corrected chi connectivity index (χ1v) is 6.97. The van der Waals surface area contributed by atoms with Crippen molar-refractivity contribution in [1.29, 1.82) is 0 Å². The molecule has 1 saturated carbocycles. The van der Waals surface area contributed by atoms with Gasteiger partial charge in [0.15, 0.2) is 0 Å². The minimum atomic E-state index is -0.0784. The van der Waals surface area contributed by atoms with Gasteiger partial charge in [-0.2, -0.15) is 0 Å². The molecule has 1 N–H and O–H groups in total. The third-order valence-corrected chi connectivity index (χ3v) is 3.98. The first-order valence-electron chi connectivity index (χ1n) is 6.97. The molecule has 0 amide bonds. The molecule has 0 aliphatic heterocycles. The summed E-state index contributed by atoms with van der Waals surface area (Å²) in [6, 6.07) is 0. The molecule has 1 aliphatic carbocycles. The van der Waals surface area contributed by atoms with Gasteiger partial charge in [0.25, 0.3) is 0 Å². The minimum Gasteiger partial charge on any atom is -0.469 e. The van der Waals surface area contributed by atoms with E-state index in [0.717, 1.165) is 31.7 Å². The maximum absolute atomic E-state index is 11.6. The zero-order chi connectivity index (χ0) is 12.7. The summed E-state index contributed by atoms with van der Waals surface area (Å²) in [7, 11) is 1.48.